The number of fused-ring (bicyclic) bond motifs is 1. The number of nitrogens with one attached hydrogen (secondary N) is 1. The first-order valence-corrected chi connectivity index (χ1v) is 12.1. The third-order valence-corrected chi connectivity index (χ3v) is 8.15. The molecule has 2 heterocycles. The van der Waals surface area contributed by atoms with E-state index in [0.717, 1.165) is 55.0 Å². The third-order valence-electron chi connectivity index (χ3n) is 6.92. The average Bonchev–Trinajstić information content (AvgIpc) is 3.17. The van der Waals surface area contributed by atoms with Gasteiger partial charge >= 0.3 is 0 Å². The van der Waals surface area contributed by atoms with Gasteiger partial charge in [-0.25, -0.2) is 0 Å². The van der Waals surface area contributed by atoms with Crippen molar-refractivity contribution in [2.45, 2.75) is 52.9 Å². The quantitative estimate of drug-likeness (QED) is 0.715. The van der Waals surface area contributed by atoms with Gasteiger partial charge in [-0.2, -0.15) is 0 Å². The highest BCUT2D eigenvalue weighted by molar-refractivity contribution is 7.14. The molecule has 0 radical (unpaired) electrons. The van der Waals surface area contributed by atoms with Crippen molar-refractivity contribution in [2.75, 3.05) is 23.3 Å². The molecule has 0 spiro atoms. The maximum absolute atomic E-state index is 12.8. The van der Waals surface area contributed by atoms with Gasteiger partial charge in [0.15, 0.2) is 0 Å². The number of amides is 2. The van der Waals surface area contributed by atoms with Gasteiger partial charge in [0.05, 0.1) is 4.88 Å². The minimum absolute atomic E-state index is 0.00916. The number of piperidine rings is 1. The smallest absolute Gasteiger partial charge is 0.265 e. The second-order valence-corrected chi connectivity index (χ2v) is 11.2. The van der Waals surface area contributed by atoms with Gasteiger partial charge in [-0.1, -0.05) is 20.8 Å². The van der Waals surface area contributed by atoms with Gasteiger partial charge in [-0.3, -0.25) is 9.59 Å². The largest absolute Gasteiger partial charge is 0.371 e. The molecule has 1 aromatic carbocycles. The Morgan fingerprint density at radius 2 is 1.77 bits per heavy atom. The van der Waals surface area contributed by atoms with Crippen LogP contribution < -0.4 is 16.0 Å². The summed E-state index contributed by atoms with van der Waals surface area (Å²) in [6.07, 6.45) is 4.95. The lowest BCUT2D eigenvalue weighted by Gasteiger charge is -2.33. The molecule has 1 fully saturated rings. The molecule has 1 saturated heterocycles. The maximum Gasteiger partial charge on any atom is 0.265 e. The van der Waals surface area contributed by atoms with Gasteiger partial charge in [0.25, 0.3) is 5.91 Å². The Morgan fingerprint density at radius 3 is 2.39 bits per heavy atom. The number of hydrogen-bond acceptors (Lipinski definition) is 4. The van der Waals surface area contributed by atoms with Crippen LogP contribution in [0.25, 0.3) is 0 Å². The summed E-state index contributed by atoms with van der Waals surface area (Å²) in [6.45, 7) is 8.59. The van der Waals surface area contributed by atoms with Gasteiger partial charge in [0.1, 0.15) is 0 Å². The Labute approximate surface area is 189 Å². The van der Waals surface area contributed by atoms with Crippen molar-refractivity contribution >= 4 is 34.5 Å². The molecule has 2 aliphatic rings. The van der Waals surface area contributed by atoms with Crippen LogP contribution >= 0.6 is 11.3 Å². The van der Waals surface area contributed by atoms with Gasteiger partial charge in [0, 0.05) is 35.3 Å². The Kier molecular flexibility index (Phi) is 6.11. The summed E-state index contributed by atoms with van der Waals surface area (Å²) in [5.41, 5.74) is 9.01. The summed E-state index contributed by atoms with van der Waals surface area (Å²) in [4.78, 5) is 28.6. The highest BCUT2D eigenvalue weighted by Gasteiger charge is 2.30. The Morgan fingerprint density at radius 1 is 1.10 bits per heavy atom. The predicted octanol–water partition coefficient (Wildman–Crippen LogP) is 4.85. The molecule has 4 rings (SSSR count). The van der Waals surface area contributed by atoms with Crippen molar-refractivity contribution in [2.24, 2.45) is 23.0 Å². The first-order chi connectivity index (χ1) is 14.7. The molecule has 166 valence electrons. The number of carbonyl (C=O) groups is 2. The SMILES string of the molecule is CC(C)(C)C1CCc2sc(C(=O)Nc3ccc(N4CCC(C(N)=O)CC4)cc3)cc2C1. The lowest BCUT2D eigenvalue weighted by Crippen LogP contribution is -2.38. The number of thiophene rings is 1. The fraction of sp³-hybridized carbons (Fsp3) is 0.520. The lowest BCUT2D eigenvalue weighted by molar-refractivity contribution is -0.122. The minimum atomic E-state index is -0.193. The zero-order chi connectivity index (χ0) is 22.2. The number of nitrogens with zero attached hydrogens (tertiary/aromatic N) is 1. The number of rotatable bonds is 4. The number of carbonyl (C=O) groups excluding carboxylic acids is 2. The molecule has 1 aromatic heterocycles. The van der Waals surface area contributed by atoms with Crippen LogP contribution in [0.15, 0.2) is 30.3 Å². The summed E-state index contributed by atoms with van der Waals surface area (Å²) >= 11 is 1.65. The molecule has 3 N–H and O–H groups in total. The minimum Gasteiger partial charge on any atom is -0.371 e. The van der Waals surface area contributed by atoms with Crippen LogP contribution in [0.3, 0.4) is 0 Å². The maximum atomic E-state index is 12.8. The van der Waals surface area contributed by atoms with E-state index in [2.05, 4.69) is 37.1 Å². The zero-order valence-corrected chi connectivity index (χ0v) is 19.6. The first-order valence-electron chi connectivity index (χ1n) is 11.3. The fourth-order valence-corrected chi connectivity index (χ4v) is 5.85. The summed E-state index contributed by atoms with van der Waals surface area (Å²) in [5, 5.41) is 3.05. The molecule has 1 aliphatic carbocycles. The van der Waals surface area contributed by atoms with E-state index in [-0.39, 0.29) is 17.7 Å². The van der Waals surface area contributed by atoms with E-state index in [1.165, 1.54) is 16.9 Å². The van der Waals surface area contributed by atoms with Crippen molar-refractivity contribution in [3.05, 3.63) is 45.6 Å². The zero-order valence-electron chi connectivity index (χ0n) is 18.7. The summed E-state index contributed by atoms with van der Waals surface area (Å²) in [5.74, 6) is 0.444. The van der Waals surface area contributed by atoms with Crippen molar-refractivity contribution in [1.29, 1.82) is 0 Å². The molecule has 2 aromatic rings. The number of anilines is 2. The second-order valence-electron chi connectivity index (χ2n) is 10.0. The van der Waals surface area contributed by atoms with Crippen LogP contribution in [-0.2, 0) is 17.6 Å². The first kappa shape index (κ1) is 21.9. The summed E-state index contributed by atoms with van der Waals surface area (Å²) in [6, 6.07) is 10.1. The number of benzene rings is 1. The Hall–Kier alpha value is -2.34. The van der Waals surface area contributed by atoms with Crippen LogP contribution in [0.5, 0.6) is 0 Å². The third kappa shape index (κ3) is 4.95. The molecule has 1 aliphatic heterocycles. The molecule has 6 heteroatoms. The van der Waals surface area contributed by atoms with Crippen LogP contribution in [0.2, 0.25) is 0 Å². The van der Waals surface area contributed by atoms with E-state index < -0.39 is 0 Å². The Bertz CT molecular complexity index is 950. The monoisotopic (exact) mass is 439 g/mol. The average molecular weight is 440 g/mol. The molecule has 2 amide bonds. The van der Waals surface area contributed by atoms with Gasteiger partial charge in [-0.15, -0.1) is 11.3 Å². The molecule has 5 nitrogen and oxygen atoms in total. The topological polar surface area (TPSA) is 75.4 Å². The normalized spacial score (nSPS) is 19.7. The van der Waals surface area contributed by atoms with Gasteiger partial charge in [-0.05, 0) is 79.3 Å². The van der Waals surface area contributed by atoms with E-state index >= 15 is 0 Å². The fourth-order valence-electron chi connectivity index (χ4n) is 4.75. The second kappa shape index (κ2) is 8.65. The predicted molar refractivity (Wildman–Crippen MR) is 128 cm³/mol. The van der Waals surface area contributed by atoms with E-state index in [1.54, 1.807) is 11.3 Å². The number of hydrogen-bond donors (Lipinski definition) is 2. The van der Waals surface area contributed by atoms with E-state index in [9.17, 15) is 9.59 Å². The Balaban J connectivity index is 1.37. The molecule has 31 heavy (non-hydrogen) atoms. The number of aryl methyl sites for hydroxylation is 1. The van der Waals surface area contributed by atoms with E-state index in [0.29, 0.717) is 11.3 Å². The highest BCUT2D eigenvalue weighted by atomic mass is 32.1. The van der Waals surface area contributed by atoms with Crippen LogP contribution in [0.4, 0.5) is 11.4 Å². The molecule has 0 saturated carbocycles. The number of primary amides is 1. The van der Waals surface area contributed by atoms with Crippen molar-refractivity contribution in [1.82, 2.24) is 0 Å². The number of nitrogens with two attached hydrogens (primary N) is 1. The van der Waals surface area contributed by atoms with E-state index in [1.807, 2.05) is 24.3 Å². The van der Waals surface area contributed by atoms with Gasteiger partial charge in [0.2, 0.25) is 5.91 Å². The van der Waals surface area contributed by atoms with Crippen LogP contribution in [0, 0.1) is 17.3 Å². The molecular formula is C25H33N3O2S. The summed E-state index contributed by atoms with van der Waals surface area (Å²) in [7, 11) is 0. The molecular weight excluding hydrogens is 406 g/mol. The summed E-state index contributed by atoms with van der Waals surface area (Å²) < 4.78 is 0. The standard InChI is InChI=1S/C25H33N3O2S/c1-25(2,3)18-4-9-21-17(14-18)15-22(31-21)24(30)27-19-5-7-20(8-6-19)28-12-10-16(11-13-28)23(26)29/h5-8,15-16,18H,4,9-14H2,1-3H3,(H2,26,29)(H,27,30). The highest BCUT2D eigenvalue weighted by Crippen LogP contribution is 2.40. The molecule has 1 unspecified atom stereocenters. The van der Waals surface area contributed by atoms with Crippen LogP contribution in [-0.4, -0.2) is 24.9 Å². The molecule has 0 bridgehead atoms. The molecule has 1 atom stereocenters. The van der Waals surface area contributed by atoms with Crippen molar-refractivity contribution in [3.8, 4) is 0 Å². The van der Waals surface area contributed by atoms with Gasteiger partial charge < -0.3 is 16.0 Å². The lowest BCUT2D eigenvalue weighted by atomic mass is 9.72. The van der Waals surface area contributed by atoms with E-state index in [4.69, 9.17) is 5.73 Å². The van der Waals surface area contributed by atoms with Crippen molar-refractivity contribution in [3.63, 3.8) is 0 Å². The van der Waals surface area contributed by atoms with Crippen LogP contribution in [0.1, 0.15) is 60.1 Å². The van der Waals surface area contributed by atoms with Crippen molar-refractivity contribution < 1.29 is 9.59 Å².